The minimum atomic E-state index is -4.14. The van der Waals surface area contributed by atoms with E-state index in [1.165, 1.54) is 79.1 Å². The second-order valence-corrected chi connectivity index (χ2v) is 11.1. The molecule has 0 aromatic heterocycles. The predicted molar refractivity (Wildman–Crippen MR) is 133 cm³/mol. The molecule has 0 aliphatic carbocycles. The summed E-state index contributed by atoms with van der Waals surface area (Å²) >= 11 is 0. The lowest BCUT2D eigenvalue weighted by molar-refractivity contribution is 0.324. The van der Waals surface area contributed by atoms with Gasteiger partial charge in [0.2, 0.25) is 11.5 Å². The van der Waals surface area contributed by atoms with Crippen molar-refractivity contribution in [2.24, 2.45) is 0 Å². The molecule has 2 aromatic rings. The highest BCUT2D eigenvalue weighted by atomic mass is 32.3. The summed E-state index contributed by atoms with van der Waals surface area (Å²) in [6.07, 6.45) is 2.50. The molecule has 0 spiro atoms. The second kappa shape index (κ2) is 11.8. The Morgan fingerprint density at radius 1 is 0.543 bits per heavy atom. The first kappa shape index (κ1) is 27.9. The van der Waals surface area contributed by atoms with E-state index in [9.17, 15) is 16.8 Å². The van der Waals surface area contributed by atoms with Crippen LogP contribution in [0.4, 0.5) is 0 Å². The highest BCUT2D eigenvalue weighted by Gasteiger charge is 2.19. The van der Waals surface area contributed by atoms with Crippen LogP contribution in [0.15, 0.2) is 35.1 Å². The second-order valence-electron chi connectivity index (χ2n) is 6.97. The number of rotatable bonds is 12. The molecule has 0 unspecified atom stereocenters. The molecular formula is C23H28O10S2. The van der Waals surface area contributed by atoms with Crippen molar-refractivity contribution in [2.75, 3.05) is 47.7 Å². The summed E-state index contributed by atoms with van der Waals surface area (Å²) in [6, 6.07) is 6.14. The van der Waals surface area contributed by atoms with Crippen molar-refractivity contribution in [1.82, 2.24) is 0 Å². The Morgan fingerprint density at radius 3 is 1.06 bits per heavy atom. The molecule has 0 radical (unpaired) electrons. The van der Waals surface area contributed by atoms with Crippen molar-refractivity contribution in [3.05, 3.63) is 46.2 Å². The highest BCUT2D eigenvalue weighted by Crippen LogP contribution is 2.39. The van der Waals surface area contributed by atoms with Crippen molar-refractivity contribution >= 4 is 31.8 Å². The van der Waals surface area contributed by atoms with Gasteiger partial charge in [-0.1, -0.05) is 0 Å². The third kappa shape index (κ3) is 7.30. The summed E-state index contributed by atoms with van der Waals surface area (Å²) < 4.78 is 81.4. The van der Waals surface area contributed by atoms with Crippen LogP contribution in [-0.2, 0) is 19.7 Å². The number of sulfone groups is 2. The molecule has 0 heterocycles. The molecule has 0 aliphatic heterocycles. The molecule has 0 bridgehead atoms. The van der Waals surface area contributed by atoms with E-state index in [0.717, 1.165) is 10.8 Å². The van der Waals surface area contributed by atoms with Gasteiger partial charge in [-0.15, -0.1) is 0 Å². The number of benzene rings is 2. The first-order chi connectivity index (χ1) is 16.5. The Hall–Kier alpha value is -3.38. The van der Waals surface area contributed by atoms with E-state index in [2.05, 4.69) is 0 Å². The lowest BCUT2D eigenvalue weighted by Crippen LogP contribution is -2.11. The van der Waals surface area contributed by atoms with Gasteiger partial charge in [-0.3, -0.25) is 0 Å². The molecule has 12 heteroatoms. The lowest BCUT2D eigenvalue weighted by Gasteiger charge is -2.13. The zero-order valence-corrected chi connectivity index (χ0v) is 21.9. The van der Waals surface area contributed by atoms with Crippen molar-refractivity contribution in [3.63, 3.8) is 0 Å². The molecule has 0 fully saturated rings. The monoisotopic (exact) mass is 528 g/mol. The molecule has 35 heavy (non-hydrogen) atoms. The molecule has 192 valence electrons. The van der Waals surface area contributed by atoms with Crippen LogP contribution in [-0.4, -0.2) is 64.6 Å². The van der Waals surface area contributed by atoms with Crippen LogP contribution in [0.25, 0.3) is 12.2 Å². The molecule has 0 aliphatic rings. The summed E-state index contributed by atoms with van der Waals surface area (Å²) in [6.45, 7) is 0. The summed E-state index contributed by atoms with van der Waals surface area (Å²) in [4.78, 5) is 0. The topological polar surface area (TPSA) is 124 Å². The van der Waals surface area contributed by atoms with Gasteiger partial charge in [-0.05, 0) is 47.5 Å². The molecule has 0 saturated heterocycles. The average molecular weight is 529 g/mol. The number of hydrogen-bond donors (Lipinski definition) is 0. The fourth-order valence-corrected chi connectivity index (χ4v) is 6.26. The quantitative estimate of drug-likeness (QED) is 0.406. The summed E-state index contributed by atoms with van der Waals surface area (Å²) in [5.41, 5.74) is 0.821. The Balaban J connectivity index is 2.28. The van der Waals surface area contributed by atoms with Gasteiger partial charge in [-0.25, -0.2) is 16.8 Å². The van der Waals surface area contributed by atoms with Gasteiger partial charge in [0.15, 0.2) is 47.8 Å². The molecule has 2 rings (SSSR count). The minimum absolute atomic E-state index is 0.324. The van der Waals surface area contributed by atoms with Crippen LogP contribution in [0.2, 0.25) is 0 Å². The molecular weight excluding hydrogens is 500 g/mol. The number of ether oxygens (including phenoxy) is 6. The zero-order chi connectivity index (χ0) is 26.2. The van der Waals surface area contributed by atoms with Gasteiger partial charge in [0.05, 0.1) is 42.7 Å². The first-order valence-electron chi connectivity index (χ1n) is 9.94. The van der Waals surface area contributed by atoms with E-state index in [1.54, 1.807) is 0 Å². The van der Waals surface area contributed by atoms with Gasteiger partial charge < -0.3 is 28.4 Å². The van der Waals surface area contributed by atoms with Gasteiger partial charge >= 0.3 is 0 Å². The van der Waals surface area contributed by atoms with Gasteiger partial charge in [0.25, 0.3) is 0 Å². The predicted octanol–water partition coefficient (Wildman–Crippen LogP) is 3.17. The van der Waals surface area contributed by atoms with Gasteiger partial charge in [0.1, 0.15) is 0 Å². The van der Waals surface area contributed by atoms with Crippen molar-refractivity contribution in [1.29, 1.82) is 0 Å². The normalized spacial score (nSPS) is 12.1. The third-order valence-corrected chi connectivity index (χ3v) is 8.37. The Bertz CT molecular complexity index is 1160. The maximum Gasteiger partial charge on any atom is 0.203 e. The molecule has 0 atom stereocenters. The number of hydrogen-bond acceptors (Lipinski definition) is 10. The van der Waals surface area contributed by atoms with E-state index in [-0.39, 0.29) is 0 Å². The van der Waals surface area contributed by atoms with Crippen LogP contribution in [0.5, 0.6) is 34.5 Å². The minimum Gasteiger partial charge on any atom is -0.493 e. The standard InChI is InChI=1S/C23H28O10S2/c1-28-18-11-16(12-19(29-2)22(18)32-5)7-9-34(24,25)15-35(26,27)10-8-17-13-20(30-3)23(33-6)21(14-17)31-4/h7-14H,15H2,1-6H3/b9-7+,10-8+. The molecule has 10 nitrogen and oxygen atoms in total. The Morgan fingerprint density at radius 2 is 0.829 bits per heavy atom. The van der Waals surface area contributed by atoms with E-state index >= 15 is 0 Å². The fourth-order valence-electron chi connectivity index (χ4n) is 3.07. The van der Waals surface area contributed by atoms with Crippen molar-refractivity contribution in [2.45, 2.75) is 0 Å². The molecule has 0 saturated carbocycles. The van der Waals surface area contributed by atoms with Crippen LogP contribution >= 0.6 is 0 Å². The van der Waals surface area contributed by atoms with Gasteiger partial charge in [-0.2, -0.15) is 0 Å². The molecule has 0 N–H and O–H groups in total. The number of methoxy groups -OCH3 is 6. The Labute approximate surface area is 205 Å². The molecule has 2 aromatic carbocycles. The fraction of sp³-hybridized carbons (Fsp3) is 0.304. The van der Waals surface area contributed by atoms with E-state index < -0.39 is 24.8 Å². The summed E-state index contributed by atoms with van der Waals surface area (Å²) in [5.74, 6) is 1.98. The largest absolute Gasteiger partial charge is 0.493 e. The van der Waals surface area contributed by atoms with Crippen molar-refractivity contribution < 1.29 is 45.3 Å². The zero-order valence-electron chi connectivity index (χ0n) is 20.2. The van der Waals surface area contributed by atoms with E-state index in [4.69, 9.17) is 28.4 Å². The SMILES string of the molecule is COc1cc(/C=C/S(=O)(=O)CS(=O)(=O)/C=C/c2cc(OC)c(OC)c(OC)c2)cc(OC)c1OC. The van der Waals surface area contributed by atoms with Crippen LogP contribution in [0, 0.1) is 0 Å². The van der Waals surface area contributed by atoms with Crippen LogP contribution < -0.4 is 28.4 Å². The third-order valence-electron chi connectivity index (χ3n) is 4.64. The summed E-state index contributed by atoms with van der Waals surface area (Å²) in [5, 5.41) is 0.513. The van der Waals surface area contributed by atoms with E-state index in [1.807, 2.05) is 0 Å². The highest BCUT2D eigenvalue weighted by molar-refractivity contribution is 8.10. The maximum atomic E-state index is 12.5. The van der Waals surface area contributed by atoms with Gasteiger partial charge in [0, 0.05) is 10.8 Å². The smallest absolute Gasteiger partial charge is 0.203 e. The van der Waals surface area contributed by atoms with Crippen LogP contribution in [0.3, 0.4) is 0 Å². The summed E-state index contributed by atoms with van der Waals surface area (Å²) in [7, 11) is 0.313. The van der Waals surface area contributed by atoms with Crippen LogP contribution in [0.1, 0.15) is 11.1 Å². The van der Waals surface area contributed by atoms with Crippen molar-refractivity contribution in [3.8, 4) is 34.5 Å². The van der Waals surface area contributed by atoms with E-state index in [0.29, 0.717) is 45.6 Å². The lowest BCUT2D eigenvalue weighted by atomic mass is 10.2. The maximum absolute atomic E-state index is 12.5. The Kier molecular flexibility index (Phi) is 9.43. The molecule has 0 amide bonds. The first-order valence-corrected chi connectivity index (χ1v) is 13.4. The average Bonchev–Trinajstić information content (AvgIpc) is 2.84.